The van der Waals surface area contributed by atoms with Crippen molar-refractivity contribution in [2.45, 2.75) is 6.54 Å². The van der Waals surface area contributed by atoms with Crippen molar-refractivity contribution in [3.8, 4) is 0 Å². The summed E-state index contributed by atoms with van der Waals surface area (Å²) in [6, 6.07) is 7.87. The Balaban J connectivity index is 2.06. The molecular formula is C13H10BrNO3S. The lowest BCUT2D eigenvalue weighted by Gasteiger charge is -2.05. The van der Waals surface area contributed by atoms with Crippen LogP contribution in [0.1, 0.15) is 25.6 Å². The van der Waals surface area contributed by atoms with Crippen LogP contribution in [0.3, 0.4) is 0 Å². The molecule has 6 heteroatoms. The predicted octanol–water partition coefficient (Wildman–Crippen LogP) is 3.14. The lowest BCUT2D eigenvalue weighted by Crippen LogP contribution is -2.22. The van der Waals surface area contributed by atoms with Gasteiger partial charge in [-0.05, 0) is 45.6 Å². The summed E-state index contributed by atoms with van der Waals surface area (Å²) in [6.07, 6.45) is 0. The molecule has 1 aromatic carbocycles. The Morgan fingerprint density at radius 1 is 1.26 bits per heavy atom. The van der Waals surface area contributed by atoms with Crippen LogP contribution < -0.4 is 5.32 Å². The van der Waals surface area contributed by atoms with Gasteiger partial charge in [0.15, 0.2) is 0 Å². The zero-order valence-electron chi connectivity index (χ0n) is 9.72. The summed E-state index contributed by atoms with van der Waals surface area (Å²) in [5.74, 6) is -1.33. The average molecular weight is 340 g/mol. The van der Waals surface area contributed by atoms with Gasteiger partial charge in [-0.3, -0.25) is 4.79 Å². The molecule has 0 aliphatic rings. The van der Waals surface area contributed by atoms with E-state index in [1.165, 1.54) is 23.5 Å². The number of halogens is 1. The fraction of sp³-hybridized carbons (Fsp3) is 0.0769. The normalized spacial score (nSPS) is 10.2. The molecule has 0 fully saturated rings. The molecule has 4 nitrogen and oxygen atoms in total. The monoisotopic (exact) mass is 339 g/mol. The van der Waals surface area contributed by atoms with Gasteiger partial charge >= 0.3 is 5.97 Å². The van der Waals surface area contributed by atoms with Crippen molar-refractivity contribution in [2.75, 3.05) is 0 Å². The Kier molecular flexibility index (Phi) is 4.34. The molecule has 0 bridgehead atoms. The van der Waals surface area contributed by atoms with Crippen molar-refractivity contribution in [2.24, 2.45) is 0 Å². The number of aromatic carboxylic acids is 1. The van der Waals surface area contributed by atoms with Crippen LogP contribution in [-0.4, -0.2) is 17.0 Å². The van der Waals surface area contributed by atoms with Gasteiger partial charge in [0.05, 0.1) is 12.1 Å². The molecular weight excluding hydrogens is 330 g/mol. The topological polar surface area (TPSA) is 66.4 Å². The zero-order valence-corrected chi connectivity index (χ0v) is 12.1. The first kappa shape index (κ1) is 13.8. The van der Waals surface area contributed by atoms with Crippen molar-refractivity contribution < 1.29 is 14.7 Å². The first-order valence-corrected chi connectivity index (χ1v) is 7.08. The lowest BCUT2D eigenvalue weighted by molar-refractivity contribution is 0.0697. The second-order valence-electron chi connectivity index (χ2n) is 3.76. The highest BCUT2D eigenvalue weighted by Crippen LogP contribution is 2.22. The molecule has 0 aliphatic carbocycles. The number of carboxylic acids is 1. The van der Waals surface area contributed by atoms with E-state index in [2.05, 4.69) is 21.2 Å². The number of carbonyl (C=O) groups is 2. The number of hydrogen-bond donors (Lipinski definition) is 2. The molecule has 98 valence electrons. The molecule has 1 heterocycles. The molecule has 0 unspecified atom stereocenters. The van der Waals surface area contributed by atoms with Gasteiger partial charge in [0.1, 0.15) is 0 Å². The Hall–Kier alpha value is -1.66. The van der Waals surface area contributed by atoms with Crippen LogP contribution in [0.15, 0.2) is 40.2 Å². The number of hydrogen-bond acceptors (Lipinski definition) is 3. The zero-order chi connectivity index (χ0) is 13.8. The van der Waals surface area contributed by atoms with Crippen molar-refractivity contribution >= 4 is 39.1 Å². The fourth-order valence-corrected chi connectivity index (χ4v) is 2.94. The number of carboxylic acid groups (broad SMARTS) is 1. The molecule has 2 aromatic rings. The van der Waals surface area contributed by atoms with Crippen LogP contribution in [0.25, 0.3) is 0 Å². The second-order valence-corrected chi connectivity index (χ2v) is 5.62. The minimum Gasteiger partial charge on any atom is -0.478 e. The molecule has 0 spiro atoms. The summed E-state index contributed by atoms with van der Waals surface area (Å²) in [5, 5.41) is 13.6. The van der Waals surface area contributed by atoms with Gasteiger partial charge in [0.25, 0.3) is 5.91 Å². The third-order valence-corrected chi connectivity index (χ3v) is 4.40. The first-order chi connectivity index (χ1) is 9.08. The minimum absolute atomic E-state index is 0.102. The van der Waals surface area contributed by atoms with E-state index < -0.39 is 5.97 Å². The first-order valence-electron chi connectivity index (χ1n) is 5.41. The Morgan fingerprint density at radius 2 is 2.00 bits per heavy atom. The van der Waals surface area contributed by atoms with Gasteiger partial charge in [-0.25, -0.2) is 4.79 Å². The van der Waals surface area contributed by atoms with Crippen molar-refractivity contribution in [1.82, 2.24) is 5.32 Å². The van der Waals surface area contributed by atoms with E-state index in [4.69, 9.17) is 5.11 Å². The number of benzene rings is 1. The van der Waals surface area contributed by atoms with Crippen LogP contribution >= 0.6 is 27.3 Å². The highest BCUT2D eigenvalue weighted by Gasteiger charge is 2.10. The van der Waals surface area contributed by atoms with E-state index in [-0.39, 0.29) is 11.5 Å². The molecule has 0 saturated heterocycles. The van der Waals surface area contributed by atoms with Gasteiger partial charge in [-0.1, -0.05) is 6.07 Å². The maximum Gasteiger partial charge on any atom is 0.335 e. The van der Waals surface area contributed by atoms with Gasteiger partial charge in [0, 0.05) is 14.9 Å². The third kappa shape index (κ3) is 3.42. The van der Waals surface area contributed by atoms with E-state index in [0.29, 0.717) is 12.1 Å². The molecule has 0 radical (unpaired) electrons. The van der Waals surface area contributed by atoms with Gasteiger partial charge in [-0.15, -0.1) is 11.3 Å². The molecule has 2 rings (SSSR count). The Labute approximate surface area is 122 Å². The maximum absolute atomic E-state index is 11.9. The quantitative estimate of drug-likeness (QED) is 0.899. The summed E-state index contributed by atoms with van der Waals surface area (Å²) < 4.78 is 0.956. The number of rotatable bonds is 4. The Bertz CT molecular complexity index is 624. The van der Waals surface area contributed by atoms with E-state index in [1.54, 1.807) is 12.1 Å². The van der Waals surface area contributed by atoms with Crippen LogP contribution in [0.5, 0.6) is 0 Å². The standard InChI is InChI=1S/C13H10BrNO3S/c14-10-4-5-19-11(10)7-15-12(16)8-2-1-3-9(6-8)13(17)18/h1-6H,7H2,(H,15,16)(H,17,18). The molecule has 0 atom stereocenters. The largest absolute Gasteiger partial charge is 0.478 e. The summed E-state index contributed by atoms with van der Waals surface area (Å²) in [6.45, 7) is 0.411. The average Bonchev–Trinajstić information content (AvgIpc) is 2.81. The summed E-state index contributed by atoms with van der Waals surface area (Å²) in [5.41, 5.74) is 0.442. The summed E-state index contributed by atoms with van der Waals surface area (Å²) in [7, 11) is 0. The van der Waals surface area contributed by atoms with Crippen molar-refractivity contribution in [3.63, 3.8) is 0 Å². The number of amides is 1. The van der Waals surface area contributed by atoms with Crippen molar-refractivity contribution in [1.29, 1.82) is 0 Å². The summed E-state index contributed by atoms with van der Waals surface area (Å²) >= 11 is 4.92. The third-order valence-electron chi connectivity index (χ3n) is 2.47. The molecule has 1 amide bonds. The smallest absolute Gasteiger partial charge is 0.335 e. The molecule has 0 aliphatic heterocycles. The maximum atomic E-state index is 11.9. The van der Waals surface area contributed by atoms with E-state index in [9.17, 15) is 9.59 Å². The Morgan fingerprint density at radius 3 is 2.63 bits per heavy atom. The van der Waals surface area contributed by atoms with E-state index in [0.717, 1.165) is 9.35 Å². The highest BCUT2D eigenvalue weighted by molar-refractivity contribution is 9.10. The van der Waals surface area contributed by atoms with Gasteiger partial charge in [0.2, 0.25) is 0 Å². The van der Waals surface area contributed by atoms with Gasteiger partial charge < -0.3 is 10.4 Å². The van der Waals surface area contributed by atoms with Crippen LogP contribution in [0.2, 0.25) is 0 Å². The van der Waals surface area contributed by atoms with E-state index in [1.807, 2.05) is 11.4 Å². The van der Waals surface area contributed by atoms with Crippen LogP contribution in [0, 0.1) is 0 Å². The number of carbonyl (C=O) groups excluding carboxylic acids is 1. The van der Waals surface area contributed by atoms with Crippen molar-refractivity contribution in [3.05, 3.63) is 56.2 Å². The summed E-state index contributed by atoms with van der Waals surface area (Å²) in [4.78, 5) is 23.8. The molecule has 1 aromatic heterocycles. The van der Waals surface area contributed by atoms with Crippen LogP contribution in [0.4, 0.5) is 0 Å². The number of thiophene rings is 1. The number of nitrogens with one attached hydrogen (secondary N) is 1. The van der Waals surface area contributed by atoms with Gasteiger partial charge in [-0.2, -0.15) is 0 Å². The SMILES string of the molecule is O=C(O)c1cccc(C(=O)NCc2sccc2Br)c1. The minimum atomic E-state index is -1.05. The fourth-order valence-electron chi connectivity index (χ4n) is 1.51. The molecule has 0 saturated carbocycles. The van der Waals surface area contributed by atoms with Crippen LogP contribution in [-0.2, 0) is 6.54 Å². The van der Waals surface area contributed by atoms with E-state index >= 15 is 0 Å². The highest BCUT2D eigenvalue weighted by atomic mass is 79.9. The second kappa shape index (κ2) is 5.99. The lowest BCUT2D eigenvalue weighted by atomic mass is 10.1. The molecule has 19 heavy (non-hydrogen) atoms. The molecule has 2 N–H and O–H groups in total. The predicted molar refractivity (Wildman–Crippen MR) is 76.6 cm³/mol.